The van der Waals surface area contributed by atoms with Crippen LogP contribution in [-0.2, 0) is 9.59 Å². The highest BCUT2D eigenvalue weighted by Crippen LogP contribution is 2.34. The minimum Gasteiger partial charge on any atom is -0.369 e. The normalized spacial score (nSPS) is 16.9. The number of anilines is 3. The molecule has 0 unspecified atom stereocenters. The van der Waals surface area contributed by atoms with E-state index in [4.69, 9.17) is 0 Å². The summed E-state index contributed by atoms with van der Waals surface area (Å²) in [7, 11) is 2.14. The van der Waals surface area contributed by atoms with E-state index in [0.717, 1.165) is 54.2 Å². The van der Waals surface area contributed by atoms with Gasteiger partial charge in [0.2, 0.25) is 0 Å². The summed E-state index contributed by atoms with van der Waals surface area (Å²) < 4.78 is 0. The van der Waals surface area contributed by atoms with Gasteiger partial charge < -0.3 is 15.1 Å². The van der Waals surface area contributed by atoms with Crippen molar-refractivity contribution >= 4 is 34.4 Å². The van der Waals surface area contributed by atoms with Gasteiger partial charge in [0.1, 0.15) is 5.70 Å². The summed E-state index contributed by atoms with van der Waals surface area (Å²) in [4.78, 5) is 33.2. The zero-order valence-corrected chi connectivity index (χ0v) is 20.4. The molecule has 0 bridgehead atoms. The van der Waals surface area contributed by atoms with Crippen molar-refractivity contribution in [1.29, 1.82) is 0 Å². The summed E-state index contributed by atoms with van der Waals surface area (Å²) in [6.45, 7) is 8.01. The van der Waals surface area contributed by atoms with Gasteiger partial charge in [0.25, 0.3) is 11.8 Å². The number of carbonyl (C=O) groups excluding carboxylic acids is 2. The largest absolute Gasteiger partial charge is 0.369 e. The van der Waals surface area contributed by atoms with E-state index in [9.17, 15) is 9.59 Å². The second-order valence-corrected chi connectivity index (χ2v) is 9.36. The maximum absolute atomic E-state index is 13.6. The summed E-state index contributed by atoms with van der Waals surface area (Å²) in [5, 5.41) is 3.28. The van der Waals surface area contributed by atoms with Crippen LogP contribution >= 0.6 is 0 Å². The number of imide groups is 1. The molecule has 1 fully saturated rings. The lowest BCUT2D eigenvalue weighted by Crippen LogP contribution is -2.44. The molecule has 0 radical (unpaired) electrons. The molecule has 0 atom stereocenters. The van der Waals surface area contributed by atoms with E-state index < -0.39 is 0 Å². The molecule has 2 aliphatic rings. The Morgan fingerprint density at radius 2 is 1.40 bits per heavy atom. The topological polar surface area (TPSA) is 55.9 Å². The standard InChI is InChI=1S/C29H30N4O2/c1-20-7-9-22(10-8-20)26-27(29(35)33(28(26)34)25-6-4-5-21(2)19-25)30-23-11-13-24(14-12-23)32-17-15-31(3)16-18-32/h4-14,19,30H,15-18H2,1-3H3. The number of rotatable bonds is 5. The van der Waals surface area contributed by atoms with Gasteiger partial charge in [0, 0.05) is 37.6 Å². The van der Waals surface area contributed by atoms with Crippen molar-refractivity contribution in [3.63, 3.8) is 0 Å². The van der Waals surface area contributed by atoms with Crippen LogP contribution in [0.15, 0.2) is 78.5 Å². The van der Waals surface area contributed by atoms with Crippen LogP contribution in [0.5, 0.6) is 0 Å². The number of piperazine rings is 1. The number of hydrogen-bond donors (Lipinski definition) is 1. The third kappa shape index (κ3) is 4.57. The highest BCUT2D eigenvalue weighted by atomic mass is 16.2. The van der Waals surface area contributed by atoms with Gasteiger partial charge in [0.15, 0.2) is 0 Å². The molecule has 3 aromatic carbocycles. The molecule has 6 heteroatoms. The highest BCUT2D eigenvalue weighted by molar-refractivity contribution is 6.46. The van der Waals surface area contributed by atoms with Crippen LogP contribution in [0.4, 0.5) is 17.1 Å². The second kappa shape index (κ2) is 9.39. The van der Waals surface area contributed by atoms with E-state index in [1.807, 2.05) is 68.4 Å². The number of hydrogen-bond acceptors (Lipinski definition) is 5. The van der Waals surface area contributed by atoms with Gasteiger partial charge in [-0.15, -0.1) is 0 Å². The lowest BCUT2D eigenvalue weighted by atomic mass is 10.0. The molecule has 35 heavy (non-hydrogen) atoms. The van der Waals surface area contributed by atoms with Crippen LogP contribution in [0, 0.1) is 13.8 Å². The summed E-state index contributed by atoms with van der Waals surface area (Å²) in [6.07, 6.45) is 0. The minimum absolute atomic E-state index is 0.299. The molecule has 2 heterocycles. The lowest BCUT2D eigenvalue weighted by molar-refractivity contribution is -0.120. The van der Waals surface area contributed by atoms with E-state index in [0.29, 0.717) is 17.0 Å². The Balaban J connectivity index is 1.48. The van der Waals surface area contributed by atoms with Crippen molar-refractivity contribution in [3.8, 4) is 0 Å². The Morgan fingerprint density at radius 3 is 2.06 bits per heavy atom. The predicted octanol–water partition coefficient (Wildman–Crippen LogP) is 4.45. The van der Waals surface area contributed by atoms with Crippen LogP contribution in [-0.4, -0.2) is 49.9 Å². The molecular formula is C29H30N4O2. The average molecular weight is 467 g/mol. The molecule has 0 saturated carbocycles. The van der Waals surface area contributed by atoms with Crippen LogP contribution < -0.4 is 15.1 Å². The van der Waals surface area contributed by atoms with E-state index in [-0.39, 0.29) is 11.8 Å². The Bertz CT molecular complexity index is 1290. The van der Waals surface area contributed by atoms with Gasteiger partial charge in [-0.3, -0.25) is 9.59 Å². The molecule has 178 valence electrons. The quantitative estimate of drug-likeness (QED) is 0.563. The number of nitrogens with one attached hydrogen (secondary N) is 1. The van der Waals surface area contributed by atoms with Crippen LogP contribution in [0.1, 0.15) is 16.7 Å². The molecule has 0 spiro atoms. The van der Waals surface area contributed by atoms with Gasteiger partial charge >= 0.3 is 0 Å². The first-order chi connectivity index (χ1) is 16.9. The number of likely N-dealkylation sites (N-methyl/N-ethyl adjacent to an activating group) is 1. The average Bonchev–Trinajstić information content (AvgIpc) is 3.10. The fraction of sp³-hybridized carbons (Fsp3) is 0.241. The fourth-order valence-corrected chi connectivity index (χ4v) is 4.60. The Morgan fingerprint density at radius 1 is 0.714 bits per heavy atom. The molecule has 0 aromatic heterocycles. The SMILES string of the molecule is Cc1ccc(C2=C(Nc3ccc(N4CCN(C)CC4)cc3)C(=O)N(c3cccc(C)c3)C2=O)cc1. The monoisotopic (exact) mass is 466 g/mol. The third-order valence-corrected chi connectivity index (χ3v) is 6.69. The number of aryl methyl sites for hydroxylation is 2. The summed E-state index contributed by atoms with van der Waals surface area (Å²) in [6, 6.07) is 23.2. The van der Waals surface area contributed by atoms with Crippen molar-refractivity contribution < 1.29 is 9.59 Å². The zero-order valence-electron chi connectivity index (χ0n) is 20.4. The Hall–Kier alpha value is -3.90. The maximum Gasteiger partial charge on any atom is 0.282 e. The molecule has 2 amide bonds. The first kappa shape index (κ1) is 22.9. The fourth-order valence-electron chi connectivity index (χ4n) is 4.60. The van der Waals surface area contributed by atoms with Crippen LogP contribution in [0.3, 0.4) is 0 Å². The zero-order chi connectivity index (χ0) is 24.5. The number of carbonyl (C=O) groups is 2. The molecule has 6 nitrogen and oxygen atoms in total. The lowest BCUT2D eigenvalue weighted by Gasteiger charge is -2.34. The van der Waals surface area contributed by atoms with Crippen molar-refractivity contribution in [2.75, 3.05) is 48.3 Å². The molecule has 5 rings (SSSR count). The van der Waals surface area contributed by atoms with Gasteiger partial charge in [0.05, 0.1) is 11.3 Å². The van der Waals surface area contributed by atoms with Gasteiger partial charge in [-0.1, -0.05) is 42.0 Å². The van der Waals surface area contributed by atoms with E-state index >= 15 is 0 Å². The molecule has 2 aliphatic heterocycles. The van der Waals surface area contributed by atoms with Crippen molar-refractivity contribution in [1.82, 2.24) is 4.90 Å². The smallest absolute Gasteiger partial charge is 0.282 e. The predicted molar refractivity (Wildman–Crippen MR) is 142 cm³/mol. The maximum atomic E-state index is 13.6. The van der Waals surface area contributed by atoms with Gasteiger partial charge in [-0.25, -0.2) is 4.90 Å². The third-order valence-electron chi connectivity index (χ3n) is 6.69. The number of amides is 2. The van der Waals surface area contributed by atoms with Crippen LogP contribution in [0.25, 0.3) is 5.57 Å². The summed E-state index contributed by atoms with van der Waals surface area (Å²) in [5.41, 5.74) is 6.00. The number of benzene rings is 3. The van der Waals surface area contributed by atoms with E-state index in [1.165, 1.54) is 4.90 Å². The number of nitrogens with zero attached hydrogens (tertiary/aromatic N) is 3. The molecular weight excluding hydrogens is 436 g/mol. The summed E-state index contributed by atoms with van der Waals surface area (Å²) in [5.74, 6) is -0.666. The Kier molecular flexibility index (Phi) is 6.14. The molecule has 1 saturated heterocycles. The second-order valence-electron chi connectivity index (χ2n) is 9.36. The van der Waals surface area contributed by atoms with Crippen molar-refractivity contribution in [2.24, 2.45) is 0 Å². The molecule has 3 aromatic rings. The van der Waals surface area contributed by atoms with Gasteiger partial charge in [-0.05, 0) is 68.4 Å². The highest BCUT2D eigenvalue weighted by Gasteiger charge is 2.40. The van der Waals surface area contributed by atoms with E-state index in [1.54, 1.807) is 6.07 Å². The van der Waals surface area contributed by atoms with Gasteiger partial charge in [-0.2, -0.15) is 0 Å². The molecule has 0 aliphatic carbocycles. The van der Waals surface area contributed by atoms with Crippen LogP contribution in [0.2, 0.25) is 0 Å². The first-order valence-electron chi connectivity index (χ1n) is 12.0. The molecule has 1 N–H and O–H groups in total. The van der Waals surface area contributed by atoms with Crippen molar-refractivity contribution in [2.45, 2.75) is 13.8 Å². The minimum atomic E-state index is -0.348. The first-order valence-corrected chi connectivity index (χ1v) is 12.0. The van der Waals surface area contributed by atoms with Crippen molar-refractivity contribution in [3.05, 3.63) is 95.2 Å². The van der Waals surface area contributed by atoms with E-state index in [2.05, 4.69) is 34.3 Å². The summed E-state index contributed by atoms with van der Waals surface area (Å²) >= 11 is 0. The Labute approximate surface area is 206 Å².